The Morgan fingerprint density at radius 2 is 1.55 bits per heavy atom. The van der Waals surface area contributed by atoms with E-state index in [9.17, 15) is 18.8 Å². The first-order chi connectivity index (χ1) is 13.9. The number of nitrogens with one attached hydrogen (secondary N) is 4. The Morgan fingerprint density at radius 3 is 2.10 bits per heavy atom. The standard InChI is InChI=1S/C20H30FN5O3/c1-3-22-18(27)14-26(4-2)20(29)15-25-11-9-24(10-12-25)13-19(28)23-17-7-5-16(21)6-8-17/h5-8H,3-4,9-15H2,1-2H3,(H,22,27)(H,23,28)/p+2. The van der Waals surface area contributed by atoms with Crippen LogP contribution in [0.1, 0.15) is 13.8 Å². The van der Waals surface area contributed by atoms with Gasteiger partial charge in [-0.15, -0.1) is 0 Å². The van der Waals surface area contributed by atoms with Crippen LogP contribution >= 0.6 is 0 Å². The molecule has 1 fully saturated rings. The van der Waals surface area contributed by atoms with Crippen molar-refractivity contribution < 1.29 is 28.6 Å². The van der Waals surface area contributed by atoms with E-state index in [1.165, 1.54) is 29.2 Å². The fraction of sp³-hybridized carbons (Fsp3) is 0.550. The zero-order valence-corrected chi connectivity index (χ0v) is 17.2. The lowest BCUT2D eigenvalue weighted by Crippen LogP contribution is -3.28. The van der Waals surface area contributed by atoms with E-state index < -0.39 is 0 Å². The van der Waals surface area contributed by atoms with Crippen molar-refractivity contribution in [1.82, 2.24) is 10.2 Å². The molecule has 0 atom stereocenters. The lowest BCUT2D eigenvalue weighted by molar-refractivity contribution is -1.00. The first-order valence-electron chi connectivity index (χ1n) is 10.2. The Morgan fingerprint density at radius 1 is 0.966 bits per heavy atom. The molecule has 0 spiro atoms. The van der Waals surface area contributed by atoms with Crippen LogP contribution in [0.3, 0.4) is 0 Å². The van der Waals surface area contributed by atoms with Gasteiger partial charge in [0.15, 0.2) is 13.1 Å². The number of rotatable bonds is 9. The van der Waals surface area contributed by atoms with Crippen molar-refractivity contribution in [2.24, 2.45) is 0 Å². The summed E-state index contributed by atoms with van der Waals surface area (Å²) in [7, 11) is 0. The summed E-state index contributed by atoms with van der Waals surface area (Å²) in [6.45, 7) is 8.75. The number of anilines is 1. The summed E-state index contributed by atoms with van der Waals surface area (Å²) >= 11 is 0. The highest BCUT2D eigenvalue weighted by molar-refractivity contribution is 5.91. The van der Waals surface area contributed by atoms with Gasteiger partial charge in [-0.2, -0.15) is 0 Å². The van der Waals surface area contributed by atoms with Gasteiger partial charge in [0, 0.05) is 18.8 Å². The lowest BCUT2D eigenvalue weighted by Gasteiger charge is -2.30. The van der Waals surface area contributed by atoms with Gasteiger partial charge in [-0.05, 0) is 38.1 Å². The molecular weight excluding hydrogens is 377 g/mol. The van der Waals surface area contributed by atoms with Crippen molar-refractivity contribution in [2.45, 2.75) is 13.8 Å². The summed E-state index contributed by atoms with van der Waals surface area (Å²) in [4.78, 5) is 40.3. The number of hydrogen-bond acceptors (Lipinski definition) is 3. The predicted octanol–water partition coefficient (Wildman–Crippen LogP) is -2.47. The van der Waals surface area contributed by atoms with Gasteiger partial charge in [-0.25, -0.2) is 4.39 Å². The molecule has 0 aliphatic carbocycles. The summed E-state index contributed by atoms with van der Waals surface area (Å²) < 4.78 is 12.9. The number of benzene rings is 1. The van der Waals surface area contributed by atoms with Crippen molar-refractivity contribution >= 4 is 23.4 Å². The second-order valence-corrected chi connectivity index (χ2v) is 7.27. The summed E-state index contributed by atoms with van der Waals surface area (Å²) in [5, 5.41) is 5.49. The fourth-order valence-corrected chi connectivity index (χ4v) is 3.40. The van der Waals surface area contributed by atoms with Crippen LogP contribution in [-0.2, 0) is 14.4 Å². The fourth-order valence-electron chi connectivity index (χ4n) is 3.40. The van der Waals surface area contributed by atoms with E-state index in [1.54, 1.807) is 4.90 Å². The lowest BCUT2D eigenvalue weighted by atomic mass is 10.2. The van der Waals surface area contributed by atoms with Gasteiger partial charge < -0.3 is 25.3 Å². The van der Waals surface area contributed by atoms with E-state index in [2.05, 4.69) is 10.6 Å². The molecule has 1 heterocycles. The quantitative estimate of drug-likeness (QED) is 0.365. The molecule has 1 saturated heterocycles. The van der Waals surface area contributed by atoms with Crippen molar-refractivity contribution in [3.8, 4) is 0 Å². The van der Waals surface area contributed by atoms with Gasteiger partial charge in [-0.3, -0.25) is 14.4 Å². The molecule has 2 rings (SSSR count). The van der Waals surface area contributed by atoms with Crippen LogP contribution in [0.5, 0.6) is 0 Å². The molecule has 1 aliphatic rings. The maximum atomic E-state index is 12.9. The molecule has 0 unspecified atom stereocenters. The van der Waals surface area contributed by atoms with Crippen LogP contribution in [-0.4, -0.2) is 81.5 Å². The summed E-state index contributed by atoms with van der Waals surface area (Å²) in [5.74, 6) is -0.606. The topological polar surface area (TPSA) is 87.4 Å². The van der Waals surface area contributed by atoms with Gasteiger partial charge in [0.25, 0.3) is 11.8 Å². The number of piperazine rings is 1. The van der Waals surface area contributed by atoms with Gasteiger partial charge in [0.2, 0.25) is 5.91 Å². The number of amides is 3. The summed E-state index contributed by atoms with van der Waals surface area (Å²) in [6, 6.07) is 5.70. The van der Waals surface area contributed by atoms with E-state index >= 15 is 0 Å². The van der Waals surface area contributed by atoms with Crippen molar-refractivity contribution in [2.75, 3.05) is 64.2 Å². The molecule has 29 heavy (non-hydrogen) atoms. The highest BCUT2D eigenvalue weighted by Gasteiger charge is 2.28. The Labute approximate surface area is 171 Å². The smallest absolute Gasteiger partial charge is 0.279 e. The third-order valence-electron chi connectivity index (χ3n) is 5.05. The van der Waals surface area contributed by atoms with Crippen LogP contribution in [0.15, 0.2) is 24.3 Å². The van der Waals surface area contributed by atoms with Crippen molar-refractivity contribution in [1.29, 1.82) is 0 Å². The van der Waals surface area contributed by atoms with Crippen molar-refractivity contribution in [3.05, 3.63) is 30.1 Å². The van der Waals surface area contributed by atoms with E-state index in [-0.39, 0.29) is 30.1 Å². The Hall–Kier alpha value is -2.52. The number of nitrogens with zero attached hydrogens (tertiary/aromatic N) is 1. The monoisotopic (exact) mass is 409 g/mol. The SMILES string of the molecule is CCNC(=O)CN(CC)C(=O)C[NH+]1CC[NH+](CC(=O)Nc2ccc(F)cc2)CC1. The largest absolute Gasteiger partial charge is 0.355 e. The zero-order valence-electron chi connectivity index (χ0n) is 17.2. The van der Waals surface area contributed by atoms with E-state index in [1.807, 2.05) is 13.8 Å². The van der Waals surface area contributed by atoms with Crippen LogP contribution in [0.25, 0.3) is 0 Å². The zero-order chi connectivity index (χ0) is 21.2. The number of likely N-dealkylation sites (N-methyl/N-ethyl adjacent to an activating group) is 2. The second kappa shape index (κ2) is 11.5. The van der Waals surface area contributed by atoms with Crippen LogP contribution in [0.4, 0.5) is 10.1 Å². The summed E-state index contributed by atoms with van der Waals surface area (Å²) in [6.07, 6.45) is 0. The van der Waals surface area contributed by atoms with Crippen LogP contribution in [0.2, 0.25) is 0 Å². The second-order valence-electron chi connectivity index (χ2n) is 7.27. The van der Waals surface area contributed by atoms with Gasteiger partial charge in [0.1, 0.15) is 32.0 Å². The molecule has 0 bridgehead atoms. The predicted molar refractivity (Wildman–Crippen MR) is 107 cm³/mol. The normalized spacial score (nSPS) is 18.7. The highest BCUT2D eigenvalue weighted by Crippen LogP contribution is 2.07. The number of carbonyl (C=O) groups is 3. The first-order valence-corrected chi connectivity index (χ1v) is 10.2. The summed E-state index contributed by atoms with van der Waals surface area (Å²) in [5.41, 5.74) is 0.581. The van der Waals surface area contributed by atoms with E-state index in [0.717, 1.165) is 31.1 Å². The molecule has 8 nitrogen and oxygen atoms in total. The molecule has 160 valence electrons. The molecule has 0 aromatic heterocycles. The average molecular weight is 410 g/mol. The Kier molecular flexibility index (Phi) is 9.01. The number of halogens is 1. The Balaban J connectivity index is 1.72. The molecule has 1 aromatic rings. The molecule has 0 saturated carbocycles. The number of carbonyl (C=O) groups excluding carboxylic acids is 3. The first kappa shape index (κ1) is 22.8. The minimum atomic E-state index is -0.338. The van der Waals surface area contributed by atoms with E-state index in [0.29, 0.717) is 31.9 Å². The molecule has 1 aliphatic heterocycles. The van der Waals surface area contributed by atoms with Crippen molar-refractivity contribution in [3.63, 3.8) is 0 Å². The minimum Gasteiger partial charge on any atom is -0.355 e. The molecule has 9 heteroatoms. The maximum absolute atomic E-state index is 12.9. The molecule has 3 amide bonds. The third kappa shape index (κ3) is 7.78. The van der Waals surface area contributed by atoms with E-state index in [4.69, 9.17) is 0 Å². The minimum absolute atomic E-state index is 0.0220. The maximum Gasteiger partial charge on any atom is 0.279 e. The number of hydrogen-bond donors (Lipinski definition) is 4. The number of quaternary nitrogens is 2. The van der Waals surface area contributed by atoms with Gasteiger partial charge in [-0.1, -0.05) is 0 Å². The molecule has 1 aromatic carbocycles. The average Bonchev–Trinajstić information content (AvgIpc) is 2.69. The third-order valence-corrected chi connectivity index (χ3v) is 5.05. The molecular formula is C20H32FN5O3+2. The van der Waals surface area contributed by atoms with Gasteiger partial charge in [0.05, 0.1) is 6.54 Å². The highest BCUT2D eigenvalue weighted by atomic mass is 19.1. The van der Waals surface area contributed by atoms with Gasteiger partial charge >= 0.3 is 0 Å². The Bertz CT molecular complexity index is 690. The van der Waals surface area contributed by atoms with Crippen LogP contribution in [0, 0.1) is 5.82 Å². The molecule has 0 radical (unpaired) electrons. The van der Waals surface area contributed by atoms with Crippen LogP contribution < -0.4 is 20.4 Å². The molecule has 4 N–H and O–H groups in total.